The van der Waals surface area contributed by atoms with Crippen LogP contribution >= 0.6 is 23.1 Å². The Balaban J connectivity index is 1.23. The molecule has 1 unspecified atom stereocenters. The van der Waals surface area contributed by atoms with Crippen LogP contribution in [-0.4, -0.2) is 47.3 Å². The van der Waals surface area contributed by atoms with E-state index < -0.39 is 0 Å². The van der Waals surface area contributed by atoms with E-state index in [1.165, 1.54) is 9.71 Å². The van der Waals surface area contributed by atoms with Crippen LogP contribution in [0, 0.1) is 0 Å². The van der Waals surface area contributed by atoms with E-state index in [0.29, 0.717) is 12.0 Å². The van der Waals surface area contributed by atoms with Gasteiger partial charge in [0, 0.05) is 36.3 Å². The van der Waals surface area contributed by atoms with Gasteiger partial charge in [0.15, 0.2) is 0 Å². The highest BCUT2D eigenvalue weighted by Crippen LogP contribution is 2.35. The zero-order chi connectivity index (χ0) is 20.3. The van der Waals surface area contributed by atoms with E-state index in [2.05, 4.69) is 24.3 Å². The number of hydrogen-bond donors (Lipinski definition) is 0. The van der Waals surface area contributed by atoms with Crippen LogP contribution in [0.4, 0.5) is 0 Å². The predicted molar refractivity (Wildman–Crippen MR) is 124 cm³/mol. The molecule has 4 nitrogen and oxygen atoms in total. The molecule has 0 aliphatic carbocycles. The Labute approximate surface area is 185 Å². The van der Waals surface area contributed by atoms with Gasteiger partial charge in [-0.25, -0.2) is 4.98 Å². The molecule has 5 rings (SSSR count). The van der Waals surface area contributed by atoms with Crippen molar-refractivity contribution in [2.24, 2.45) is 0 Å². The van der Waals surface area contributed by atoms with Gasteiger partial charge in [0.25, 0.3) is 5.91 Å². The molecule has 0 bridgehead atoms. The second-order valence-corrected chi connectivity index (χ2v) is 10.2. The van der Waals surface area contributed by atoms with Crippen molar-refractivity contribution in [3.05, 3.63) is 59.1 Å². The molecular formula is C24H26N2O2S2. The fourth-order valence-corrected chi connectivity index (χ4v) is 6.54. The van der Waals surface area contributed by atoms with Crippen molar-refractivity contribution in [1.82, 2.24) is 9.88 Å². The first-order valence-corrected chi connectivity index (χ1v) is 12.6. The first-order valence-electron chi connectivity index (χ1n) is 10.8. The third-order valence-electron chi connectivity index (χ3n) is 6.01. The summed E-state index contributed by atoms with van der Waals surface area (Å²) in [6, 6.07) is 16.4. The summed E-state index contributed by atoms with van der Waals surface area (Å²) in [6.45, 7) is 2.46. The number of para-hydroxylation sites is 1. The fraction of sp³-hybridized carbons (Fsp3) is 0.417. The van der Waals surface area contributed by atoms with Gasteiger partial charge in [-0.1, -0.05) is 24.3 Å². The van der Waals surface area contributed by atoms with Crippen LogP contribution in [0.5, 0.6) is 0 Å². The number of piperidine rings is 1. The molecule has 6 heteroatoms. The number of thiazole rings is 1. The minimum absolute atomic E-state index is 0.160. The molecule has 2 fully saturated rings. The van der Waals surface area contributed by atoms with Crippen molar-refractivity contribution < 1.29 is 9.53 Å². The third-order valence-corrected chi connectivity index (χ3v) is 8.41. The monoisotopic (exact) mass is 438 g/mol. The molecule has 0 radical (unpaired) electrons. The first kappa shape index (κ1) is 20.0. The highest BCUT2D eigenvalue weighted by molar-refractivity contribution is 7.99. The number of likely N-dealkylation sites (tertiary alicyclic amines) is 1. The van der Waals surface area contributed by atoms with Crippen LogP contribution < -0.4 is 0 Å². The number of fused-ring (bicyclic) bond motifs is 1. The highest BCUT2D eigenvalue weighted by Gasteiger charge is 2.28. The SMILES string of the molecule is O=C(c1ccccc1SCC1CCCO1)N1CCC(c2nc3ccccc3s2)CC1. The minimum atomic E-state index is 0.160. The summed E-state index contributed by atoms with van der Waals surface area (Å²) in [6.07, 6.45) is 4.56. The quantitative estimate of drug-likeness (QED) is 0.487. The van der Waals surface area contributed by atoms with Crippen LogP contribution in [0.3, 0.4) is 0 Å². The number of benzene rings is 2. The molecule has 2 aliphatic heterocycles. The Hall–Kier alpha value is -1.89. The number of rotatable bonds is 5. The lowest BCUT2D eigenvalue weighted by Gasteiger charge is -2.31. The van der Waals surface area contributed by atoms with Crippen molar-refractivity contribution in [2.75, 3.05) is 25.4 Å². The predicted octanol–water partition coefficient (Wildman–Crippen LogP) is 5.59. The smallest absolute Gasteiger partial charge is 0.254 e. The van der Waals surface area contributed by atoms with Gasteiger partial charge in [-0.2, -0.15) is 0 Å². The molecule has 1 amide bonds. The number of amides is 1. The molecule has 3 aromatic rings. The topological polar surface area (TPSA) is 42.4 Å². The Bertz CT molecular complexity index is 988. The summed E-state index contributed by atoms with van der Waals surface area (Å²) in [4.78, 5) is 21.2. The summed E-state index contributed by atoms with van der Waals surface area (Å²) in [7, 11) is 0. The maximum atomic E-state index is 13.3. The van der Waals surface area contributed by atoms with Crippen LogP contribution in [-0.2, 0) is 4.74 Å². The minimum Gasteiger partial charge on any atom is -0.377 e. The molecular weight excluding hydrogens is 412 g/mol. The highest BCUT2D eigenvalue weighted by atomic mass is 32.2. The van der Waals surface area contributed by atoms with Gasteiger partial charge in [-0.3, -0.25) is 4.79 Å². The zero-order valence-corrected chi connectivity index (χ0v) is 18.6. The standard InChI is InChI=1S/C24H26N2O2S2/c27-24(19-7-1-3-9-21(19)29-16-18-6-5-15-28-18)26-13-11-17(12-14-26)23-25-20-8-2-4-10-22(20)30-23/h1-4,7-10,17-18H,5-6,11-16H2. The maximum Gasteiger partial charge on any atom is 0.254 e. The van der Waals surface area contributed by atoms with Gasteiger partial charge < -0.3 is 9.64 Å². The molecule has 0 N–H and O–H groups in total. The van der Waals surface area contributed by atoms with E-state index in [0.717, 1.165) is 67.1 Å². The second-order valence-electron chi connectivity index (χ2n) is 8.03. The molecule has 30 heavy (non-hydrogen) atoms. The van der Waals surface area contributed by atoms with Crippen molar-refractivity contribution in [2.45, 2.75) is 42.6 Å². The fourth-order valence-electron chi connectivity index (χ4n) is 4.29. The Morgan fingerprint density at radius 2 is 1.90 bits per heavy atom. The molecule has 2 saturated heterocycles. The van der Waals surface area contributed by atoms with Gasteiger partial charge in [0.2, 0.25) is 0 Å². The number of thioether (sulfide) groups is 1. The Morgan fingerprint density at radius 3 is 2.70 bits per heavy atom. The number of hydrogen-bond acceptors (Lipinski definition) is 5. The third kappa shape index (κ3) is 4.27. The van der Waals surface area contributed by atoms with Crippen molar-refractivity contribution in [3.8, 4) is 0 Å². The van der Waals surface area contributed by atoms with Crippen LogP contribution in [0.2, 0.25) is 0 Å². The molecule has 0 saturated carbocycles. The maximum absolute atomic E-state index is 13.3. The Kier molecular flexibility index (Phi) is 6.07. The molecule has 156 valence electrons. The zero-order valence-electron chi connectivity index (χ0n) is 17.0. The average Bonchev–Trinajstić information content (AvgIpc) is 3.47. The van der Waals surface area contributed by atoms with Gasteiger partial charge in [-0.05, 0) is 49.9 Å². The largest absolute Gasteiger partial charge is 0.377 e. The second kappa shape index (κ2) is 9.08. The summed E-state index contributed by atoms with van der Waals surface area (Å²) in [5, 5.41) is 1.22. The lowest BCUT2D eigenvalue weighted by molar-refractivity contribution is 0.0709. The van der Waals surface area contributed by atoms with Gasteiger partial charge in [-0.15, -0.1) is 23.1 Å². The van der Waals surface area contributed by atoms with E-state index in [4.69, 9.17) is 9.72 Å². The number of nitrogens with zero attached hydrogens (tertiary/aromatic N) is 2. The molecule has 0 spiro atoms. The summed E-state index contributed by atoms with van der Waals surface area (Å²) in [5.41, 5.74) is 1.92. The van der Waals surface area contributed by atoms with Gasteiger partial charge in [0.05, 0.1) is 26.9 Å². The van der Waals surface area contributed by atoms with E-state index >= 15 is 0 Å². The normalized spacial score (nSPS) is 20.1. The average molecular weight is 439 g/mol. The number of aromatic nitrogens is 1. The first-order chi connectivity index (χ1) is 14.8. The van der Waals surface area contributed by atoms with E-state index in [1.54, 1.807) is 23.1 Å². The van der Waals surface area contributed by atoms with Crippen molar-refractivity contribution >= 4 is 39.2 Å². The van der Waals surface area contributed by atoms with Gasteiger partial charge >= 0.3 is 0 Å². The van der Waals surface area contributed by atoms with Crippen molar-refractivity contribution in [1.29, 1.82) is 0 Å². The summed E-state index contributed by atoms with van der Waals surface area (Å²) in [5.74, 6) is 1.54. The van der Waals surface area contributed by atoms with Gasteiger partial charge in [0.1, 0.15) is 0 Å². The van der Waals surface area contributed by atoms with Crippen LogP contribution in [0.15, 0.2) is 53.4 Å². The van der Waals surface area contributed by atoms with Crippen molar-refractivity contribution in [3.63, 3.8) is 0 Å². The number of carbonyl (C=O) groups excluding carboxylic acids is 1. The molecule has 1 aromatic heterocycles. The molecule has 2 aliphatic rings. The molecule has 3 heterocycles. The number of ether oxygens (including phenoxy) is 1. The summed E-state index contributed by atoms with van der Waals surface area (Å²) < 4.78 is 7.00. The van der Waals surface area contributed by atoms with E-state index in [-0.39, 0.29) is 5.91 Å². The molecule has 2 aromatic carbocycles. The summed E-state index contributed by atoms with van der Waals surface area (Å²) >= 11 is 3.56. The van der Waals surface area contributed by atoms with Crippen LogP contribution in [0.25, 0.3) is 10.2 Å². The van der Waals surface area contributed by atoms with E-state index in [1.807, 2.05) is 29.2 Å². The number of carbonyl (C=O) groups is 1. The lowest BCUT2D eigenvalue weighted by Crippen LogP contribution is -2.38. The van der Waals surface area contributed by atoms with Crippen LogP contribution in [0.1, 0.15) is 47.0 Å². The lowest BCUT2D eigenvalue weighted by atomic mass is 9.97. The molecule has 1 atom stereocenters. The Morgan fingerprint density at radius 1 is 1.10 bits per heavy atom. The van der Waals surface area contributed by atoms with E-state index in [9.17, 15) is 4.79 Å².